The Morgan fingerprint density at radius 2 is 2.29 bits per heavy atom. The standard InChI is InChI=1S/C16H18N2O2S/c1-11-4-5-12(17)9-13(11)16(19)18-6-7-20-14(10-18)15-3-2-8-21-15/h2-5,8-9,14H,6-7,10,17H2,1H3. The fraction of sp³-hybridized carbons (Fsp3) is 0.312. The molecule has 2 N–H and O–H groups in total. The number of amides is 1. The first-order valence-electron chi connectivity index (χ1n) is 6.95. The normalized spacial score (nSPS) is 18.7. The van der Waals surface area contributed by atoms with Gasteiger partial charge in [0.1, 0.15) is 6.10 Å². The molecule has 110 valence electrons. The second-order valence-electron chi connectivity index (χ2n) is 5.20. The van der Waals surface area contributed by atoms with E-state index in [4.69, 9.17) is 10.5 Å². The van der Waals surface area contributed by atoms with Gasteiger partial charge in [-0.3, -0.25) is 4.79 Å². The van der Waals surface area contributed by atoms with E-state index in [1.807, 2.05) is 35.4 Å². The number of hydrogen-bond acceptors (Lipinski definition) is 4. The molecule has 5 heteroatoms. The minimum absolute atomic E-state index is 0.0240. The van der Waals surface area contributed by atoms with Crippen molar-refractivity contribution >= 4 is 22.9 Å². The van der Waals surface area contributed by atoms with Gasteiger partial charge in [-0.2, -0.15) is 0 Å². The van der Waals surface area contributed by atoms with Crippen LogP contribution in [0.2, 0.25) is 0 Å². The summed E-state index contributed by atoms with van der Waals surface area (Å²) in [7, 11) is 0. The van der Waals surface area contributed by atoms with Gasteiger partial charge in [0.25, 0.3) is 5.91 Å². The summed E-state index contributed by atoms with van der Waals surface area (Å²) >= 11 is 1.66. The van der Waals surface area contributed by atoms with Crippen molar-refractivity contribution < 1.29 is 9.53 Å². The van der Waals surface area contributed by atoms with Crippen LogP contribution in [-0.4, -0.2) is 30.5 Å². The fourth-order valence-corrected chi connectivity index (χ4v) is 3.29. The molecule has 1 amide bonds. The molecule has 2 heterocycles. The van der Waals surface area contributed by atoms with Crippen LogP contribution in [0.15, 0.2) is 35.7 Å². The second-order valence-corrected chi connectivity index (χ2v) is 6.18. The van der Waals surface area contributed by atoms with Crippen molar-refractivity contribution in [2.75, 3.05) is 25.4 Å². The van der Waals surface area contributed by atoms with E-state index in [1.165, 1.54) is 0 Å². The second kappa shape index (κ2) is 5.87. The maximum absolute atomic E-state index is 12.7. The van der Waals surface area contributed by atoms with Crippen molar-refractivity contribution in [2.45, 2.75) is 13.0 Å². The molecule has 2 aromatic rings. The third kappa shape index (κ3) is 2.94. The Balaban J connectivity index is 1.79. The number of benzene rings is 1. The molecule has 1 aromatic heterocycles. The van der Waals surface area contributed by atoms with Crippen LogP contribution in [0.4, 0.5) is 5.69 Å². The van der Waals surface area contributed by atoms with E-state index in [2.05, 4.69) is 6.07 Å². The van der Waals surface area contributed by atoms with Crippen molar-refractivity contribution in [3.05, 3.63) is 51.7 Å². The summed E-state index contributed by atoms with van der Waals surface area (Å²) in [6, 6.07) is 9.52. The molecule has 3 rings (SSSR count). The van der Waals surface area contributed by atoms with E-state index < -0.39 is 0 Å². The smallest absolute Gasteiger partial charge is 0.254 e. The van der Waals surface area contributed by atoms with Crippen LogP contribution in [0.25, 0.3) is 0 Å². The van der Waals surface area contributed by atoms with Gasteiger partial charge in [0.05, 0.1) is 13.2 Å². The Hall–Kier alpha value is -1.85. The lowest BCUT2D eigenvalue weighted by atomic mass is 10.1. The van der Waals surface area contributed by atoms with Crippen LogP contribution in [0, 0.1) is 6.92 Å². The van der Waals surface area contributed by atoms with E-state index in [-0.39, 0.29) is 12.0 Å². The van der Waals surface area contributed by atoms with Crippen molar-refractivity contribution in [3.63, 3.8) is 0 Å². The van der Waals surface area contributed by atoms with E-state index in [9.17, 15) is 4.79 Å². The lowest BCUT2D eigenvalue weighted by molar-refractivity contribution is -0.0212. The molecule has 1 saturated heterocycles. The summed E-state index contributed by atoms with van der Waals surface area (Å²) in [5.74, 6) is 0.0321. The van der Waals surface area contributed by atoms with Crippen molar-refractivity contribution in [1.29, 1.82) is 0 Å². The number of morpholine rings is 1. The Labute approximate surface area is 128 Å². The molecule has 1 atom stereocenters. The number of carbonyl (C=O) groups excluding carboxylic acids is 1. The van der Waals surface area contributed by atoms with E-state index in [0.29, 0.717) is 30.9 Å². The highest BCUT2D eigenvalue weighted by atomic mass is 32.1. The van der Waals surface area contributed by atoms with Crippen molar-refractivity contribution in [2.24, 2.45) is 0 Å². The summed E-state index contributed by atoms with van der Waals surface area (Å²) in [5, 5.41) is 2.03. The summed E-state index contributed by atoms with van der Waals surface area (Å²) in [4.78, 5) is 15.7. The van der Waals surface area contributed by atoms with Crippen LogP contribution in [0.1, 0.15) is 26.9 Å². The van der Waals surface area contributed by atoms with Gasteiger partial charge in [-0.15, -0.1) is 11.3 Å². The Bertz CT molecular complexity index is 640. The first-order valence-corrected chi connectivity index (χ1v) is 7.83. The number of anilines is 1. The van der Waals surface area contributed by atoms with Gasteiger partial charge < -0.3 is 15.4 Å². The Morgan fingerprint density at radius 3 is 3.05 bits per heavy atom. The minimum atomic E-state index is -0.0240. The van der Waals surface area contributed by atoms with Crippen LogP contribution in [0.5, 0.6) is 0 Å². The topological polar surface area (TPSA) is 55.6 Å². The molecule has 1 unspecified atom stereocenters. The molecule has 1 aliphatic rings. The van der Waals surface area contributed by atoms with Gasteiger partial charge in [-0.1, -0.05) is 12.1 Å². The maximum atomic E-state index is 12.7. The number of carbonyl (C=O) groups is 1. The van der Waals surface area contributed by atoms with Crippen LogP contribution in [0.3, 0.4) is 0 Å². The van der Waals surface area contributed by atoms with Gasteiger partial charge in [0, 0.05) is 22.7 Å². The van der Waals surface area contributed by atoms with E-state index in [1.54, 1.807) is 17.4 Å². The van der Waals surface area contributed by atoms with Gasteiger partial charge in [0.15, 0.2) is 0 Å². The number of aryl methyl sites for hydroxylation is 1. The van der Waals surface area contributed by atoms with E-state index >= 15 is 0 Å². The Morgan fingerprint density at radius 1 is 1.43 bits per heavy atom. The predicted molar refractivity (Wildman–Crippen MR) is 84.5 cm³/mol. The quantitative estimate of drug-likeness (QED) is 0.868. The summed E-state index contributed by atoms with van der Waals surface area (Å²) in [6.07, 6.45) is -0.0240. The molecule has 4 nitrogen and oxygen atoms in total. The molecular formula is C16H18N2O2S. The highest BCUT2D eigenvalue weighted by molar-refractivity contribution is 7.10. The largest absolute Gasteiger partial charge is 0.399 e. The third-order valence-corrected chi connectivity index (χ3v) is 4.67. The molecule has 1 fully saturated rings. The highest BCUT2D eigenvalue weighted by Gasteiger charge is 2.27. The number of ether oxygens (including phenoxy) is 1. The zero-order valence-electron chi connectivity index (χ0n) is 11.9. The average molecular weight is 302 g/mol. The molecule has 0 saturated carbocycles. The zero-order chi connectivity index (χ0) is 14.8. The fourth-order valence-electron chi connectivity index (χ4n) is 2.52. The minimum Gasteiger partial charge on any atom is -0.399 e. The molecule has 1 aromatic carbocycles. The third-order valence-electron chi connectivity index (χ3n) is 3.71. The predicted octanol–water partition coefficient (Wildman–Crippen LogP) is 2.85. The number of nitrogen functional groups attached to an aromatic ring is 1. The van der Waals surface area contributed by atoms with Gasteiger partial charge in [-0.25, -0.2) is 0 Å². The highest BCUT2D eigenvalue weighted by Crippen LogP contribution is 2.27. The van der Waals surface area contributed by atoms with E-state index in [0.717, 1.165) is 10.4 Å². The van der Waals surface area contributed by atoms with Crippen LogP contribution < -0.4 is 5.73 Å². The lowest BCUT2D eigenvalue weighted by Gasteiger charge is -2.33. The molecule has 0 aliphatic carbocycles. The zero-order valence-corrected chi connectivity index (χ0v) is 12.7. The first kappa shape index (κ1) is 14.1. The number of thiophene rings is 1. The molecule has 0 bridgehead atoms. The number of rotatable bonds is 2. The van der Waals surface area contributed by atoms with Gasteiger partial charge in [0.2, 0.25) is 0 Å². The maximum Gasteiger partial charge on any atom is 0.254 e. The monoisotopic (exact) mass is 302 g/mol. The molecule has 21 heavy (non-hydrogen) atoms. The van der Waals surface area contributed by atoms with Crippen molar-refractivity contribution in [1.82, 2.24) is 4.90 Å². The Kier molecular flexibility index (Phi) is 3.94. The summed E-state index contributed by atoms with van der Waals surface area (Å²) in [6.45, 7) is 3.71. The number of nitrogens with two attached hydrogens (primary N) is 1. The summed E-state index contributed by atoms with van der Waals surface area (Å²) in [5.41, 5.74) is 8.06. The van der Waals surface area contributed by atoms with Crippen molar-refractivity contribution in [3.8, 4) is 0 Å². The number of nitrogens with zero attached hydrogens (tertiary/aromatic N) is 1. The molecular weight excluding hydrogens is 284 g/mol. The molecule has 0 radical (unpaired) electrons. The average Bonchev–Trinajstić information content (AvgIpc) is 3.03. The van der Waals surface area contributed by atoms with Crippen LogP contribution >= 0.6 is 11.3 Å². The lowest BCUT2D eigenvalue weighted by Crippen LogP contribution is -2.42. The number of hydrogen-bond donors (Lipinski definition) is 1. The van der Waals surface area contributed by atoms with Crippen LogP contribution in [-0.2, 0) is 4.74 Å². The first-order chi connectivity index (χ1) is 10.1. The SMILES string of the molecule is Cc1ccc(N)cc1C(=O)N1CCOC(c2cccs2)C1. The van der Waals surface area contributed by atoms with Gasteiger partial charge in [-0.05, 0) is 36.1 Å². The summed E-state index contributed by atoms with van der Waals surface area (Å²) < 4.78 is 5.78. The van der Waals surface area contributed by atoms with Gasteiger partial charge >= 0.3 is 0 Å². The molecule has 0 spiro atoms. The molecule has 1 aliphatic heterocycles.